The lowest BCUT2D eigenvalue weighted by Crippen LogP contribution is -2.28. The Labute approximate surface area is 257 Å². The number of aryl methyl sites for hydroxylation is 1. The number of rotatable bonds is 10. The normalized spacial score (nSPS) is 16.8. The molecule has 0 amide bonds. The molecule has 0 aliphatic heterocycles. The Bertz CT molecular complexity index is 1770. The van der Waals surface area contributed by atoms with Crippen molar-refractivity contribution >= 4 is 28.7 Å². The number of nitrogens with one attached hydrogen (secondary N) is 1. The summed E-state index contributed by atoms with van der Waals surface area (Å²) in [7, 11) is 1.94. The summed E-state index contributed by atoms with van der Waals surface area (Å²) in [5, 5.41) is 8.51. The standard InChI is InChI=1S/C34H39N7O3/c1-22(42)16-24-17-25(14-15-35-24)44-26-18-28-32(36-20-26)38-33(40(28)5)37-31-19-30(34(2,3)4)41(39-31)27-12-9-13-29(27)43-21-23-10-7-6-8-11-23/h6-8,10-11,14-15,17-20,27,29H,9,12-13,16,21H2,1-5H3,(H,36,37,38,39)/t27?,29-/m1/s1. The molecule has 2 atom stereocenters. The predicted molar refractivity (Wildman–Crippen MR) is 169 cm³/mol. The second-order valence-electron chi connectivity index (χ2n) is 12.5. The molecule has 0 radical (unpaired) electrons. The van der Waals surface area contributed by atoms with E-state index in [4.69, 9.17) is 19.6 Å². The minimum atomic E-state index is -0.114. The molecule has 1 aliphatic carbocycles. The molecule has 0 spiro atoms. The van der Waals surface area contributed by atoms with Crippen LogP contribution in [0.3, 0.4) is 0 Å². The lowest BCUT2D eigenvalue weighted by atomic mass is 9.91. The first kappa shape index (κ1) is 29.5. The molecule has 1 fully saturated rings. The fourth-order valence-electron chi connectivity index (χ4n) is 5.77. The van der Waals surface area contributed by atoms with Crippen molar-refractivity contribution in [2.75, 3.05) is 5.32 Å². The Kier molecular flexibility index (Phi) is 8.18. The molecular formula is C34H39N7O3. The van der Waals surface area contributed by atoms with Crippen LogP contribution in [0.25, 0.3) is 11.2 Å². The number of nitrogens with zero attached hydrogens (tertiary/aromatic N) is 6. The van der Waals surface area contributed by atoms with E-state index in [0.29, 0.717) is 35.4 Å². The first-order chi connectivity index (χ1) is 21.1. The Hall–Kier alpha value is -4.57. The Morgan fingerprint density at radius 2 is 1.86 bits per heavy atom. The maximum absolute atomic E-state index is 11.5. The van der Waals surface area contributed by atoms with Crippen molar-refractivity contribution in [1.82, 2.24) is 29.3 Å². The van der Waals surface area contributed by atoms with Gasteiger partial charge in [-0.1, -0.05) is 51.1 Å². The molecule has 1 unspecified atom stereocenters. The molecule has 4 aromatic heterocycles. The highest BCUT2D eigenvalue weighted by molar-refractivity contribution is 5.78. The van der Waals surface area contributed by atoms with E-state index in [1.54, 1.807) is 31.5 Å². The van der Waals surface area contributed by atoms with Gasteiger partial charge >= 0.3 is 0 Å². The van der Waals surface area contributed by atoms with E-state index in [1.807, 2.05) is 35.9 Å². The molecule has 1 saturated carbocycles. The van der Waals surface area contributed by atoms with Gasteiger partial charge in [0.15, 0.2) is 11.5 Å². The molecule has 1 aromatic carbocycles. The van der Waals surface area contributed by atoms with Gasteiger partial charge in [-0.05, 0) is 37.8 Å². The van der Waals surface area contributed by atoms with Crippen LogP contribution in [0.4, 0.5) is 11.8 Å². The number of anilines is 2. The summed E-state index contributed by atoms with van der Waals surface area (Å²) in [5.74, 6) is 2.57. The number of fused-ring (bicyclic) bond motifs is 1. The summed E-state index contributed by atoms with van der Waals surface area (Å²) in [6.45, 7) is 8.78. The van der Waals surface area contributed by atoms with Gasteiger partial charge in [-0.25, -0.2) is 4.98 Å². The van der Waals surface area contributed by atoms with Crippen molar-refractivity contribution in [3.8, 4) is 11.5 Å². The quantitative estimate of drug-likeness (QED) is 0.188. The SMILES string of the molecule is CC(=O)Cc1cc(Oc2cnc3nc(Nc4cc(C(C)(C)C)n(C5CCC[C@H]5OCc5ccccc5)n4)n(C)c3c2)ccn1. The minimum Gasteiger partial charge on any atom is -0.456 e. The summed E-state index contributed by atoms with van der Waals surface area (Å²) in [4.78, 5) is 25.0. The second-order valence-corrected chi connectivity index (χ2v) is 12.5. The van der Waals surface area contributed by atoms with Crippen molar-refractivity contribution in [3.63, 3.8) is 0 Å². The van der Waals surface area contributed by atoms with Gasteiger partial charge in [-0.2, -0.15) is 10.1 Å². The van der Waals surface area contributed by atoms with Crippen LogP contribution in [0, 0.1) is 0 Å². The first-order valence-corrected chi connectivity index (χ1v) is 15.1. The van der Waals surface area contributed by atoms with Gasteiger partial charge in [0, 0.05) is 49.0 Å². The summed E-state index contributed by atoms with van der Waals surface area (Å²) in [6, 6.07) is 18.0. The third-order valence-electron chi connectivity index (χ3n) is 7.95. The fraction of sp³-hybridized carbons (Fsp3) is 0.382. The molecular weight excluding hydrogens is 554 g/mol. The van der Waals surface area contributed by atoms with Crippen LogP contribution in [0.15, 0.2) is 67.0 Å². The molecule has 10 nitrogen and oxygen atoms in total. The van der Waals surface area contributed by atoms with Crippen molar-refractivity contribution in [2.45, 2.75) is 77.5 Å². The number of aromatic nitrogens is 6. The van der Waals surface area contributed by atoms with Gasteiger partial charge in [0.25, 0.3) is 0 Å². The van der Waals surface area contributed by atoms with E-state index in [2.05, 4.69) is 58.9 Å². The largest absolute Gasteiger partial charge is 0.456 e. The average molecular weight is 594 g/mol. The number of ketones is 1. The zero-order valence-corrected chi connectivity index (χ0v) is 25.9. The van der Waals surface area contributed by atoms with Gasteiger partial charge in [0.2, 0.25) is 5.95 Å². The summed E-state index contributed by atoms with van der Waals surface area (Å²) in [6.07, 6.45) is 6.79. The highest BCUT2D eigenvalue weighted by Crippen LogP contribution is 2.38. The van der Waals surface area contributed by atoms with Crippen LogP contribution in [-0.2, 0) is 35.0 Å². The lowest BCUT2D eigenvalue weighted by Gasteiger charge is -2.27. The molecule has 0 bridgehead atoms. The first-order valence-electron chi connectivity index (χ1n) is 15.1. The van der Waals surface area contributed by atoms with E-state index in [0.717, 1.165) is 36.3 Å². The minimum absolute atomic E-state index is 0.0477. The number of benzene rings is 1. The van der Waals surface area contributed by atoms with Crippen molar-refractivity contribution in [1.29, 1.82) is 0 Å². The van der Waals surface area contributed by atoms with E-state index >= 15 is 0 Å². The third kappa shape index (κ3) is 6.50. The van der Waals surface area contributed by atoms with Crippen molar-refractivity contribution < 1.29 is 14.3 Å². The molecule has 44 heavy (non-hydrogen) atoms. The molecule has 6 rings (SSSR count). The summed E-state index contributed by atoms with van der Waals surface area (Å²) < 4.78 is 16.6. The molecule has 0 saturated heterocycles. The van der Waals surface area contributed by atoms with Gasteiger partial charge in [-0.3, -0.25) is 14.5 Å². The van der Waals surface area contributed by atoms with Crippen LogP contribution >= 0.6 is 0 Å². The molecule has 4 heterocycles. The van der Waals surface area contributed by atoms with E-state index in [9.17, 15) is 4.79 Å². The molecule has 5 aromatic rings. The number of carbonyl (C=O) groups excluding carboxylic acids is 1. The van der Waals surface area contributed by atoms with Crippen molar-refractivity contribution in [2.24, 2.45) is 7.05 Å². The van der Waals surface area contributed by atoms with Crippen molar-refractivity contribution in [3.05, 3.63) is 83.9 Å². The molecule has 10 heteroatoms. The van der Waals surface area contributed by atoms with Crippen LogP contribution < -0.4 is 10.1 Å². The van der Waals surface area contributed by atoms with E-state index < -0.39 is 0 Å². The third-order valence-corrected chi connectivity index (χ3v) is 7.95. The number of ether oxygens (including phenoxy) is 2. The number of Topliss-reactive ketones (excluding diaryl/α,β-unsaturated/α-hetero) is 1. The van der Waals surface area contributed by atoms with Crippen LogP contribution in [0.5, 0.6) is 11.5 Å². The van der Waals surface area contributed by atoms with E-state index in [-0.39, 0.29) is 29.8 Å². The highest BCUT2D eigenvalue weighted by Gasteiger charge is 2.34. The summed E-state index contributed by atoms with van der Waals surface area (Å²) >= 11 is 0. The monoisotopic (exact) mass is 593 g/mol. The molecule has 1 aliphatic rings. The zero-order chi connectivity index (χ0) is 30.8. The van der Waals surface area contributed by atoms with Crippen LogP contribution in [0.1, 0.15) is 70.0 Å². The van der Waals surface area contributed by atoms with Gasteiger partial charge in [-0.15, -0.1) is 0 Å². The maximum atomic E-state index is 11.5. The van der Waals surface area contributed by atoms with Gasteiger partial charge in [0.1, 0.15) is 17.3 Å². The Morgan fingerprint density at radius 1 is 1.05 bits per heavy atom. The lowest BCUT2D eigenvalue weighted by molar-refractivity contribution is -0.116. The van der Waals surface area contributed by atoms with E-state index in [1.165, 1.54) is 5.56 Å². The molecule has 228 valence electrons. The number of imidazole rings is 1. The number of hydrogen-bond acceptors (Lipinski definition) is 8. The Morgan fingerprint density at radius 3 is 2.64 bits per heavy atom. The number of pyridine rings is 2. The number of carbonyl (C=O) groups is 1. The average Bonchev–Trinajstić information content (AvgIpc) is 3.70. The van der Waals surface area contributed by atoms with Gasteiger partial charge < -0.3 is 19.4 Å². The predicted octanol–water partition coefficient (Wildman–Crippen LogP) is 6.84. The fourth-order valence-corrected chi connectivity index (χ4v) is 5.77. The topological polar surface area (TPSA) is 109 Å². The van der Waals surface area contributed by atoms with Crippen LogP contribution in [-0.4, -0.2) is 41.2 Å². The highest BCUT2D eigenvalue weighted by atomic mass is 16.5. The summed E-state index contributed by atoms with van der Waals surface area (Å²) in [5.41, 5.74) is 4.28. The van der Waals surface area contributed by atoms with Crippen LogP contribution in [0.2, 0.25) is 0 Å². The maximum Gasteiger partial charge on any atom is 0.210 e. The zero-order valence-electron chi connectivity index (χ0n) is 25.9. The Balaban J connectivity index is 1.23. The molecule has 1 N–H and O–H groups in total. The second kappa shape index (κ2) is 12.2. The smallest absolute Gasteiger partial charge is 0.210 e. The van der Waals surface area contributed by atoms with Gasteiger partial charge in [0.05, 0.1) is 36.2 Å². The number of hydrogen-bond donors (Lipinski definition) is 1.